The van der Waals surface area contributed by atoms with E-state index in [4.69, 9.17) is 9.84 Å². The summed E-state index contributed by atoms with van der Waals surface area (Å²) in [4.78, 5) is 10.7. The van der Waals surface area contributed by atoms with Gasteiger partial charge < -0.3 is 30.3 Å². The fraction of sp³-hybridized carbons (Fsp3) is 0.525. The van der Waals surface area contributed by atoms with Gasteiger partial charge in [0.25, 0.3) is 0 Å². The number of benzene rings is 1. The summed E-state index contributed by atoms with van der Waals surface area (Å²) in [6, 6.07) is 7.20. The maximum Gasteiger partial charge on any atom is 0.328 e. The number of hydrogen-bond acceptors (Lipinski definition) is 6. The van der Waals surface area contributed by atoms with Crippen LogP contribution in [-0.4, -0.2) is 56.4 Å². The van der Waals surface area contributed by atoms with E-state index in [1.54, 1.807) is 51.3 Å². The van der Waals surface area contributed by atoms with E-state index in [2.05, 4.69) is 32.9 Å². The minimum Gasteiger partial charge on any atom is -0.508 e. The van der Waals surface area contributed by atoms with Crippen molar-refractivity contribution in [2.45, 2.75) is 92.1 Å². The number of aliphatic hydroxyl groups excluding tert-OH is 2. The smallest absolute Gasteiger partial charge is 0.328 e. The summed E-state index contributed by atoms with van der Waals surface area (Å²) in [6.07, 6.45) is 17.0. The number of aliphatic hydroxyl groups is 3. The minimum atomic E-state index is -1.03. The summed E-state index contributed by atoms with van der Waals surface area (Å²) in [7, 11) is 1.73. The molecule has 0 aromatic heterocycles. The van der Waals surface area contributed by atoms with E-state index in [0.717, 1.165) is 17.2 Å². The van der Waals surface area contributed by atoms with Crippen molar-refractivity contribution < 1.29 is 35.1 Å². The number of rotatable bonds is 13. The number of aliphatic carboxylic acids is 1. The minimum absolute atomic E-state index is 0.00479. The van der Waals surface area contributed by atoms with Crippen molar-refractivity contribution in [2.75, 3.05) is 7.11 Å². The molecule has 5 N–H and O–H groups in total. The summed E-state index contributed by atoms with van der Waals surface area (Å²) in [5.41, 5.74) is 1.95. The Kier molecular flexibility index (Phi) is 15.1. The highest BCUT2D eigenvalue weighted by Gasteiger charge is 2.59. The van der Waals surface area contributed by atoms with Crippen LogP contribution < -0.4 is 0 Å². The molecular formula is C40H58O7. The van der Waals surface area contributed by atoms with E-state index >= 15 is 0 Å². The van der Waals surface area contributed by atoms with E-state index < -0.39 is 29.7 Å². The maximum atomic E-state index is 11.5. The molecule has 1 fully saturated rings. The summed E-state index contributed by atoms with van der Waals surface area (Å²) in [5, 5.41) is 51.2. The first-order valence-electron chi connectivity index (χ1n) is 16.8. The fourth-order valence-electron chi connectivity index (χ4n) is 7.52. The Morgan fingerprint density at radius 1 is 1.04 bits per heavy atom. The first kappa shape index (κ1) is 39.9. The van der Waals surface area contributed by atoms with Gasteiger partial charge in [0.1, 0.15) is 5.75 Å². The second-order valence-electron chi connectivity index (χ2n) is 13.8. The zero-order valence-electron chi connectivity index (χ0n) is 29.7. The van der Waals surface area contributed by atoms with E-state index in [-0.39, 0.29) is 40.9 Å². The Bertz CT molecular complexity index is 1330. The van der Waals surface area contributed by atoms with Crippen molar-refractivity contribution in [3.63, 3.8) is 0 Å². The van der Waals surface area contributed by atoms with Crippen molar-refractivity contribution in [2.24, 2.45) is 35.0 Å². The third kappa shape index (κ3) is 10.6. The molecule has 2 aliphatic carbocycles. The van der Waals surface area contributed by atoms with Crippen LogP contribution in [0.2, 0.25) is 0 Å². The van der Waals surface area contributed by atoms with Gasteiger partial charge in [0.2, 0.25) is 0 Å². The number of phenolic OH excluding ortho intramolecular Hbond substituents is 1. The molecule has 2 aliphatic rings. The lowest BCUT2D eigenvalue weighted by Crippen LogP contribution is -2.43. The normalized spacial score (nSPS) is 28.6. The Hall–Kier alpha value is -3.23. The van der Waals surface area contributed by atoms with E-state index in [1.807, 2.05) is 51.1 Å². The van der Waals surface area contributed by atoms with Crippen LogP contribution in [0.3, 0.4) is 0 Å². The number of methoxy groups -OCH3 is 1. The molecule has 0 aliphatic heterocycles. The van der Waals surface area contributed by atoms with Crippen LogP contribution in [-0.2, 0) is 9.53 Å². The number of allylic oxidation sites excluding steroid dienone is 8. The average Bonchev–Trinajstić information content (AvgIpc) is 3.20. The van der Waals surface area contributed by atoms with Gasteiger partial charge in [-0.05, 0) is 62.6 Å². The van der Waals surface area contributed by atoms with Crippen LogP contribution >= 0.6 is 0 Å². The highest BCUT2D eigenvalue weighted by atomic mass is 16.5. The van der Waals surface area contributed by atoms with Crippen molar-refractivity contribution in [1.29, 1.82) is 0 Å². The van der Waals surface area contributed by atoms with Crippen molar-refractivity contribution in [3.05, 3.63) is 102 Å². The van der Waals surface area contributed by atoms with Gasteiger partial charge in [-0.1, -0.05) is 113 Å². The molecule has 1 aromatic carbocycles. The molecule has 47 heavy (non-hydrogen) atoms. The molecule has 0 saturated heterocycles. The molecular weight excluding hydrogens is 592 g/mol. The Morgan fingerprint density at radius 2 is 1.66 bits per heavy atom. The zero-order chi connectivity index (χ0) is 35.5. The van der Waals surface area contributed by atoms with Crippen molar-refractivity contribution in [3.8, 4) is 5.75 Å². The van der Waals surface area contributed by atoms with Gasteiger partial charge in [-0.25, -0.2) is 4.79 Å². The Balaban J connectivity index is 0.00000376. The SMILES string of the molecule is CC.COC(c1ccc(O)cc1)C1C(\C=C/C=C/C=C\C(O)C(C)C(O)C/C=C(C)/C=C/C(=O)O)C(C)=CC2C1C(C)(C)CC2(C)O. The number of ether oxygens (including phenoxy) is 1. The van der Waals surface area contributed by atoms with Gasteiger partial charge in [-0.15, -0.1) is 0 Å². The van der Waals surface area contributed by atoms with Crippen LogP contribution in [0.4, 0.5) is 0 Å². The summed E-state index contributed by atoms with van der Waals surface area (Å²) < 4.78 is 6.20. The quantitative estimate of drug-likeness (QED) is 0.0841. The predicted molar refractivity (Wildman–Crippen MR) is 190 cm³/mol. The third-order valence-corrected chi connectivity index (χ3v) is 9.72. The average molecular weight is 651 g/mol. The number of carboxylic acid groups (broad SMARTS) is 1. The van der Waals surface area contributed by atoms with Gasteiger partial charge in [0.15, 0.2) is 0 Å². The van der Waals surface area contributed by atoms with E-state index in [0.29, 0.717) is 12.8 Å². The monoisotopic (exact) mass is 650 g/mol. The van der Waals surface area contributed by atoms with Gasteiger partial charge in [-0.3, -0.25) is 0 Å². The standard InChI is InChI=1S/C38H52O7.C2H6/c1-24(15-21-33(42)43)14-20-32(41)26(3)31(40)13-11-9-8-10-12-29-25(2)22-30-35(37(4,5)23-38(30,6)44)34(29)36(45-7)27-16-18-28(39)19-17-27;1-2/h8-19,21-22,26,29-32,34-36,39-41,44H,20,23H2,1-7H3,(H,42,43);1-2H3/b9-8+,12-10-,13-11-,21-15+,24-14+;. The van der Waals surface area contributed by atoms with Gasteiger partial charge in [0, 0.05) is 36.9 Å². The van der Waals surface area contributed by atoms with Gasteiger partial charge in [0.05, 0.1) is 23.9 Å². The highest BCUT2D eigenvalue weighted by molar-refractivity contribution is 5.80. The lowest BCUT2D eigenvalue weighted by molar-refractivity contribution is -0.131. The van der Waals surface area contributed by atoms with Crippen LogP contribution in [0.15, 0.2) is 96.2 Å². The number of phenols is 1. The molecule has 0 radical (unpaired) electrons. The summed E-state index contributed by atoms with van der Waals surface area (Å²) in [6.45, 7) is 16.1. The highest BCUT2D eigenvalue weighted by Crippen LogP contribution is 2.62. The van der Waals surface area contributed by atoms with Gasteiger partial charge in [-0.2, -0.15) is 0 Å². The number of carboxylic acids is 1. The molecule has 260 valence electrons. The predicted octanol–water partition coefficient (Wildman–Crippen LogP) is 7.72. The lowest BCUT2D eigenvalue weighted by Gasteiger charge is -2.47. The maximum absolute atomic E-state index is 11.5. The van der Waals surface area contributed by atoms with Crippen molar-refractivity contribution in [1.82, 2.24) is 0 Å². The van der Waals surface area contributed by atoms with Crippen LogP contribution in [0.1, 0.15) is 79.9 Å². The van der Waals surface area contributed by atoms with Crippen LogP contribution in [0, 0.1) is 35.0 Å². The zero-order valence-corrected chi connectivity index (χ0v) is 29.7. The Morgan fingerprint density at radius 3 is 2.26 bits per heavy atom. The topological polar surface area (TPSA) is 127 Å². The second-order valence-corrected chi connectivity index (χ2v) is 13.8. The van der Waals surface area contributed by atoms with Crippen LogP contribution in [0.5, 0.6) is 5.75 Å². The number of carbonyl (C=O) groups is 1. The molecule has 3 rings (SSSR count). The van der Waals surface area contributed by atoms with E-state index in [9.17, 15) is 25.2 Å². The third-order valence-electron chi connectivity index (χ3n) is 9.72. The number of fused-ring (bicyclic) bond motifs is 1. The molecule has 7 heteroatoms. The Labute approximate surface area is 282 Å². The van der Waals surface area contributed by atoms with Gasteiger partial charge >= 0.3 is 5.97 Å². The molecule has 0 spiro atoms. The molecule has 9 atom stereocenters. The fourth-order valence-corrected chi connectivity index (χ4v) is 7.52. The molecule has 1 saturated carbocycles. The first-order valence-corrected chi connectivity index (χ1v) is 16.8. The summed E-state index contributed by atoms with van der Waals surface area (Å²) in [5.74, 6) is -0.998. The largest absolute Gasteiger partial charge is 0.508 e. The molecule has 1 aromatic rings. The molecule has 9 unspecified atom stereocenters. The molecule has 0 bridgehead atoms. The number of aromatic hydroxyl groups is 1. The van der Waals surface area contributed by atoms with E-state index in [1.165, 1.54) is 11.6 Å². The van der Waals surface area contributed by atoms with Crippen LogP contribution in [0.25, 0.3) is 0 Å². The van der Waals surface area contributed by atoms with Crippen molar-refractivity contribution >= 4 is 5.97 Å². The molecule has 7 nitrogen and oxygen atoms in total. The lowest BCUT2D eigenvalue weighted by atomic mass is 9.59. The number of hydrogen-bond donors (Lipinski definition) is 5. The first-order chi connectivity index (χ1) is 22.1. The summed E-state index contributed by atoms with van der Waals surface area (Å²) >= 11 is 0. The molecule has 0 heterocycles. The second kappa shape index (κ2) is 17.8. The molecule has 0 amide bonds.